The summed E-state index contributed by atoms with van der Waals surface area (Å²) in [7, 11) is 0. The summed E-state index contributed by atoms with van der Waals surface area (Å²) in [5.41, 5.74) is 6.69. The Morgan fingerprint density at radius 3 is 2.68 bits per heavy atom. The van der Waals surface area contributed by atoms with Crippen LogP contribution in [0.4, 0.5) is 0 Å². The Morgan fingerprint density at radius 2 is 1.93 bits per heavy atom. The minimum Gasteiger partial charge on any atom is -0.390 e. The van der Waals surface area contributed by atoms with Crippen LogP contribution in [0.25, 0.3) is 28.3 Å². The molecule has 2 aromatic carbocycles. The maximum absolute atomic E-state index is 9.83. The topological polar surface area (TPSA) is 66.8 Å². The van der Waals surface area contributed by atoms with Crippen molar-refractivity contribution in [3.05, 3.63) is 82.2 Å². The lowest BCUT2D eigenvalue weighted by Gasteiger charge is -2.12. The van der Waals surface area contributed by atoms with Crippen LogP contribution in [0.15, 0.2) is 65.4 Å². The molecular weight excluding hydrogens is 416 g/mol. The Kier molecular flexibility index (Phi) is 3.93. The minimum atomic E-state index is -0.0777. The van der Waals surface area contributed by atoms with Crippen molar-refractivity contribution in [1.82, 2.24) is 14.1 Å². The zero-order valence-corrected chi connectivity index (χ0v) is 16.4. The van der Waals surface area contributed by atoms with Crippen molar-refractivity contribution < 1.29 is 5.11 Å². The lowest BCUT2D eigenvalue weighted by Crippen LogP contribution is -2.03. The fourth-order valence-corrected chi connectivity index (χ4v) is 4.16. The van der Waals surface area contributed by atoms with Crippen molar-refractivity contribution in [2.75, 3.05) is 0 Å². The molecular formula is C22H15BrN4O. The van der Waals surface area contributed by atoms with Crippen molar-refractivity contribution in [2.24, 2.45) is 0 Å². The number of aliphatic hydroxyl groups excluding tert-OH is 1. The third-order valence-electron chi connectivity index (χ3n) is 5.09. The van der Waals surface area contributed by atoms with E-state index in [-0.39, 0.29) is 6.61 Å². The van der Waals surface area contributed by atoms with Gasteiger partial charge < -0.3 is 9.67 Å². The van der Waals surface area contributed by atoms with Crippen molar-refractivity contribution in [2.45, 2.75) is 13.2 Å². The zero-order valence-electron chi connectivity index (χ0n) is 14.8. The molecule has 0 amide bonds. The summed E-state index contributed by atoms with van der Waals surface area (Å²) in [4.78, 5) is 4.61. The predicted molar refractivity (Wildman–Crippen MR) is 110 cm³/mol. The van der Waals surface area contributed by atoms with E-state index in [1.54, 1.807) is 6.20 Å². The molecule has 1 aliphatic rings. The number of hydrogen-bond donors (Lipinski definition) is 1. The van der Waals surface area contributed by atoms with Crippen molar-refractivity contribution in [1.29, 1.82) is 5.26 Å². The van der Waals surface area contributed by atoms with Crippen LogP contribution < -0.4 is 0 Å². The van der Waals surface area contributed by atoms with E-state index in [9.17, 15) is 5.11 Å². The number of aliphatic hydroxyl groups is 1. The first-order valence-electron chi connectivity index (χ1n) is 8.85. The van der Waals surface area contributed by atoms with Gasteiger partial charge in [0.2, 0.25) is 0 Å². The lowest BCUT2D eigenvalue weighted by atomic mass is 10.1. The molecule has 1 aliphatic heterocycles. The van der Waals surface area contributed by atoms with Gasteiger partial charge in [0, 0.05) is 22.8 Å². The first-order chi connectivity index (χ1) is 13.7. The van der Waals surface area contributed by atoms with Gasteiger partial charge in [-0.15, -0.1) is 0 Å². The first-order valence-corrected chi connectivity index (χ1v) is 9.64. The third-order valence-corrected chi connectivity index (χ3v) is 5.59. The molecule has 5 rings (SSSR count). The number of nitrogens with zero attached hydrogens (tertiary/aromatic N) is 4. The summed E-state index contributed by atoms with van der Waals surface area (Å²) < 4.78 is 5.23. The van der Waals surface area contributed by atoms with E-state index in [0.717, 1.165) is 44.1 Å². The van der Waals surface area contributed by atoms with Gasteiger partial charge in [-0.3, -0.25) is 4.57 Å². The van der Waals surface area contributed by atoms with Gasteiger partial charge in [0.1, 0.15) is 0 Å². The number of aromatic nitrogens is 3. The van der Waals surface area contributed by atoms with Crippen molar-refractivity contribution >= 4 is 15.9 Å². The largest absolute Gasteiger partial charge is 0.390 e. The van der Waals surface area contributed by atoms with Crippen LogP contribution in [-0.2, 0) is 13.2 Å². The van der Waals surface area contributed by atoms with Crippen LogP contribution in [0.5, 0.6) is 0 Å². The average Bonchev–Trinajstić information content (AvgIpc) is 3.29. The molecule has 0 fully saturated rings. The van der Waals surface area contributed by atoms with E-state index in [1.165, 1.54) is 0 Å². The highest BCUT2D eigenvalue weighted by atomic mass is 79.9. The summed E-state index contributed by atoms with van der Waals surface area (Å²) in [6.45, 7) is 0.625. The van der Waals surface area contributed by atoms with E-state index in [1.807, 2.05) is 34.9 Å². The highest BCUT2D eigenvalue weighted by Crippen LogP contribution is 2.36. The SMILES string of the molecule is N#Cc1ccc(-c2cc3n(c2)Cc2cc(Br)ccc2-n2c(CO)cnc2-3)cc1. The van der Waals surface area contributed by atoms with Gasteiger partial charge in [0.15, 0.2) is 5.82 Å². The Hall–Kier alpha value is -3.14. The van der Waals surface area contributed by atoms with Crippen LogP contribution in [0, 0.1) is 11.3 Å². The Labute approximate surface area is 170 Å². The smallest absolute Gasteiger partial charge is 0.161 e. The maximum atomic E-state index is 9.83. The van der Waals surface area contributed by atoms with E-state index in [2.05, 4.69) is 55.9 Å². The second kappa shape index (κ2) is 6.48. The van der Waals surface area contributed by atoms with Gasteiger partial charge in [-0.25, -0.2) is 4.98 Å². The van der Waals surface area contributed by atoms with E-state index < -0.39 is 0 Å². The van der Waals surface area contributed by atoms with Gasteiger partial charge in [-0.2, -0.15) is 5.26 Å². The molecule has 0 radical (unpaired) electrons. The van der Waals surface area contributed by atoms with Crippen LogP contribution in [0.2, 0.25) is 0 Å². The molecule has 5 nitrogen and oxygen atoms in total. The minimum absolute atomic E-state index is 0.0777. The number of fused-ring (bicyclic) bond motifs is 5. The lowest BCUT2D eigenvalue weighted by molar-refractivity contribution is 0.275. The molecule has 0 unspecified atom stereocenters. The second-order valence-electron chi connectivity index (χ2n) is 6.77. The van der Waals surface area contributed by atoms with Gasteiger partial charge in [0.05, 0.1) is 41.5 Å². The average molecular weight is 431 g/mol. The van der Waals surface area contributed by atoms with Crippen molar-refractivity contribution in [3.8, 4) is 34.4 Å². The molecule has 4 aromatic rings. The van der Waals surface area contributed by atoms with Gasteiger partial charge >= 0.3 is 0 Å². The molecule has 136 valence electrons. The molecule has 0 aliphatic carbocycles. The molecule has 0 saturated heterocycles. The number of rotatable bonds is 2. The van der Waals surface area contributed by atoms with Crippen LogP contribution in [-0.4, -0.2) is 19.2 Å². The molecule has 0 saturated carbocycles. The molecule has 0 spiro atoms. The van der Waals surface area contributed by atoms with Gasteiger partial charge in [-0.1, -0.05) is 28.1 Å². The van der Waals surface area contributed by atoms with E-state index in [4.69, 9.17) is 5.26 Å². The molecule has 3 heterocycles. The standard InChI is InChI=1S/C22H15BrN4O/c23-18-5-6-20-17(7-18)12-26-11-16(15-3-1-14(9-24)2-4-15)8-21(26)22-25-10-19(13-28)27(20)22/h1-8,10-11,28H,12-13H2. The Balaban J connectivity index is 1.72. The molecule has 28 heavy (non-hydrogen) atoms. The van der Waals surface area contributed by atoms with E-state index in [0.29, 0.717) is 12.1 Å². The van der Waals surface area contributed by atoms with Gasteiger partial charge in [-0.05, 0) is 47.5 Å². The zero-order chi connectivity index (χ0) is 19.3. The number of halogens is 1. The first kappa shape index (κ1) is 17.0. The predicted octanol–water partition coefficient (Wildman–Crippen LogP) is 4.50. The summed E-state index contributed by atoms with van der Waals surface area (Å²) in [6, 6.07) is 18.0. The molecule has 1 N–H and O–H groups in total. The normalized spacial score (nSPS) is 11.9. The molecule has 6 heteroatoms. The number of imidazole rings is 1. The highest BCUT2D eigenvalue weighted by Gasteiger charge is 2.23. The summed E-state index contributed by atoms with van der Waals surface area (Å²) in [6.07, 6.45) is 3.84. The summed E-state index contributed by atoms with van der Waals surface area (Å²) in [5.74, 6) is 0.810. The Bertz CT molecular complexity index is 1240. The van der Waals surface area contributed by atoms with Crippen LogP contribution in [0.1, 0.15) is 16.8 Å². The quantitative estimate of drug-likeness (QED) is 0.448. The number of benzene rings is 2. The maximum Gasteiger partial charge on any atom is 0.161 e. The fourth-order valence-electron chi connectivity index (χ4n) is 3.75. The molecule has 0 bridgehead atoms. The second-order valence-corrected chi connectivity index (χ2v) is 7.69. The van der Waals surface area contributed by atoms with Crippen LogP contribution >= 0.6 is 15.9 Å². The monoisotopic (exact) mass is 430 g/mol. The Morgan fingerprint density at radius 1 is 1.11 bits per heavy atom. The highest BCUT2D eigenvalue weighted by molar-refractivity contribution is 9.10. The van der Waals surface area contributed by atoms with Crippen molar-refractivity contribution in [3.63, 3.8) is 0 Å². The van der Waals surface area contributed by atoms with Gasteiger partial charge in [0.25, 0.3) is 0 Å². The third kappa shape index (κ3) is 2.60. The van der Waals surface area contributed by atoms with Crippen LogP contribution in [0.3, 0.4) is 0 Å². The molecule has 2 aromatic heterocycles. The summed E-state index contributed by atoms with van der Waals surface area (Å²) in [5, 5.41) is 18.9. The summed E-state index contributed by atoms with van der Waals surface area (Å²) >= 11 is 3.57. The number of nitriles is 1. The van der Waals surface area contributed by atoms with E-state index >= 15 is 0 Å². The number of hydrogen-bond acceptors (Lipinski definition) is 3. The fraction of sp³-hybridized carbons (Fsp3) is 0.0909. The molecule has 0 atom stereocenters.